The molecule has 0 atom stereocenters. The average Bonchev–Trinajstić information content (AvgIpc) is 2.85. The van der Waals surface area contributed by atoms with Gasteiger partial charge in [0.15, 0.2) is 5.82 Å². The van der Waals surface area contributed by atoms with E-state index in [1.165, 1.54) is 18.5 Å². The minimum absolute atomic E-state index is 0.402. The third kappa shape index (κ3) is 1.63. The maximum atomic E-state index is 4.42. The largest absolute Gasteiger partial charge is 0.353 e. The Bertz CT molecular complexity index is 347. The van der Waals surface area contributed by atoms with E-state index in [2.05, 4.69) is 33.4 Å². The van der Waals surface area contributed by atoms with Gasteiger partial charge in [0.05, 0.1) is 0 Å². The molecule has 2 fully saturated rings. The van der Waals surface area contributed by atoms with E-state index >= 15 is 0 Å². The van der Waals surface area contributed by atoms with Crippen LogP contribution in [0.5, 0.6) is 0 Å². The van der Waals surface area contributed by atoms with E-state index in [4.69, 9.17) is 0 Å². The molecule has 15 heavy (non-hydrogen) atoms. The van der Waals surface area contributed by atoms with E-state index in [0.717, 1.165) is 32.0 Å². The monoisotopic (exact) mass is 206 g/mol. The molecule has 0 aromatic carbocycles. The molecule has 2 N–H and O–H groups in total. The highest BCUT2D eigenvalue weighted by Crippen LogP contribution is 2.47. The summed E-state index contributed by atoms with van der Waals surface area (Å²) in [5.41, 5.74) is 1.72. The summed E-state index contributed by atoms with van der Waals surface area (Å²) < 4.78 is 0. The quantitative estimate of drug-likeness (QED) is 0.754. The third-order valence-corrected chi connectivity index (χ3v) is 3.66. The number of nitrogens with zero attached hydrogens (tertiary/aromatic N) is 2. The minimum Gasteiger partial charge on any atom is -0.353 e. The molecule has 3 rings (SSSR count). The molecule has 0 bridgehead atoms. The molecule has 1 aliphatic carbocycles. The normalized spacial score (nSPS) is 24.2. The van der Waals surface area contributed by atoms with Crippen molar-refractivity contribution in [3.63, 3.8) is 0 Å². The fraction of sp³-hybridized carbons (Fsp3) is 0.727. The highest BCUT2D eigenvalue weighted by atomic mass is 15.3. The van der Waals surface area contributed by atoms with Gasteiger partial charge >= 0.3 is 0 Å². The second-order valence-corrected chi connectivity index (χ2v) is 4.94. The van der Waals surface area contributed by atoms with Crippen LogP contribution in [0.4, 0.5) is 5.82 Å². The first-order valence-electron chi connectivity index (χ1n) is 5.79. The Kier molecular flexibility index (Phi) is 1.99. The first-order valence-corrected chi connectivity index (χ1v) is 5.79. The molecule has 2 heterocycles. The van der Waals surface area contributed by atoms with Gasteiger partial charge in [0, 0.05) is 43.4 Å². The lowest BCUT2D eigenvalue weighted by molar-refractivity contribution is 0.584. The van der Waals surface area contributed by atoms with Gasteiger partial charge in [-0.1, -0.05) is 6.92 Å². The molecule has 82 valence electrons. The number of rotatable bonds is 2. The van der Waals surface area contributed by atoms with Crippen LogP contribution in [0.25, 0.3) is 0 Å². The summed E-state index contributed by atoms with van der Waals surface area (Å²) in [5, 5.41) is 11.0. The van der Waals surface area contributed by atoms with Gasteiger partial charge in [-0.25, -0.2) is 0 Å². The predicted octanol–water partition coefficient (Wildman–Crippen LogP) is 0.871. The summed E-state index contributed by atoms with van der Waals surface area (Å²) in [6, 6.07) is 2.23. The van der Waals surface area contributed by atoms with Crippen molar-refractivity contribution < 1.29 is 0 Å². The zero-order valence-electron chi connectivity index (χ0n) is 9.21. The van der Waals surface area contributed by atoms with Crippen LogP contribution < -0.4 is 10.2 Å². The molecular weight excluding hydrogens is 188 g/mol. The Morgan fingerprint density at radius 2 is 2.07 bits per heavy atom. The number of H-pyrrole nitrogens is 1. The van der Waals surface area contributed by atoms with Gasteiger partial charge in [0.2, 0.25) is 0 Å². The van der Waals surface area contributed by atoms with E-state index in [1.54, 1.807) is 0 Å². The van der Waals surface area contributed by atoms with Crippen LogP contribution in [-0.4, -0.2) is 36.4 Å². The number of hydrogen-bond donors (Lipinski definition) is 2. The van der Waals surface area contributed by atoms with Gasteiger partial charge in [-0.05, 0) is 12.8 Å². The van der Waals surface area contributed by atoms with Crippen molar-refractivity contribution >= 4 is 5.82 Å². The summed E-state index contributed by atoms with van der Waals surface area (Å²) in [4.78, 5) is 2.35. The Hall–Kier alpha value is -1.03. The van der Waals surface area contributed by atoms with Crippen molar-refractivity contribution in [3.05, 3.63) is 11.8 Å². The van der Waals surface area contributed by atoms with Crippen molar-refractivity contribution in [2.24, 2.45) is 0 Å². The molecule has 1 aliphatic heterocycles. The fourth-order valence-electron chi connectivity index (χ4n) is 2.13. The van der Waals surface area contributed by atoms with Crippen LogP contribution in [0, 0.1) is 0 Å². The third-order valence-electron chi connectivity index (χ3n) is 3.66. The molecule has 0 amide bonds. The first kappa shape index (κ1) is 9.21. The van der Waals surface area contributed by atoms with Crippen LogP contribution in [0.15, 0.2) is 6.07 Å². The maximum absolute atomic E-state index is 4.42. The molecule has 1 saturated heterocycles. The van der Waals surface area contributed by atoms with Crippen LogP contribution in [-0.2, 0) is 5.41 Å². The summed E-state index contributed by atoms with van der Waals surface area (Å²) in [6.45, 7) is 6.59. The van der Waals surface area contributed by atoms with Crippen LogP contribution in [0.1, 0.15) is 25.5 Å². The van der Waals surface area contributed by atoms with Gasteiger partial charge in [0.1, 0.15) is 0 Å². The molecular formula is C11H18N4. The van der Waals surface area contributed by atoms with Gasteiger partial charge < -0.3 is 10.2 Å². The molecule has 1 saturated carbocycles. The van der Waals surface area contributed by atoms with Gasteiger partial charge in [-0.15, -0.1) is 0 Å². The Balaban J connectivity index is 1.77. The summed E-state index contributed by atoms with van der Waals surface area (Å²) >= 11 is 0. The van der Waals surface area contributed by atoms with Crippen LogP contribution in [0.3, 0.4) is 0 Å². The number of piperazine rings is 1. The molecule has 0 radical (unpaired) electrons. The first-order chi connectivity index (χ1) is 7.28. The van der Waals surface area contributed by atoms with Crippen molar-refractivity contribution in [3.8, 4) is 0 Å². The molecule has 4 nitrogen and oxygen atoms in total. The Morgan fingerprint density at radius 1 is 1.33 bits per heavy atom. The highest BCUT2D eigenvalue weighted by Gasteiger charge is 2.40. The van der Waals surface area contributed by atoms with Crippen molar-refractivity contribution in [1.82, 2.24) is 15.5 Å². The minimum atomic E-state index is 0.402. The van der Waals surface area contributed by atoms with Crippen LogP contribution in [0.2, 0.25) is 0 Å². The van der Waals surface area contributed by atoms with E-state index < -0.39 is 0 Å². The number of hydrogen-bond acceptors (Lipinski definition) is 3. The van der Waals surface area contributed by atoms with E-state index in [-0.39, 0.29) is 0 Å². The van der Waals surface area contributed by atoms with E-state index in [9.17, 15) is 0 Å². The summed E-state index contributed by atoms with van der Waals surface area (Å²) in [5.74, 6) is 1.12. The fourth-order valence-corrected chi connectivity index (χ4v) is 2.13. The topological polar surface area (TPSA) is 44.0 Å². The standard InChI is InChI=1S/C11H18N4/c1-11(2-3-11)9-8-10(14-13-9)15-6-4-12-5-7-15/h8,12H,2-7H2,1H3,(H,13,14). The molecule has 0 spiro atoms. The summed E-state index contributed by atoms with van der Waals surface area (Å²) in [6.07, 6.45) is 2.60. The lowest BCUT2D eigenvalue weighted by Crippen LogP contribution is -2.43. The number of anilines is 1. The molecule has 2 aliphatic rings. The van der Waals surface area contributed by atoms with E-state index in [1.807, 2.05) is 0 Å². The van der Waals surface area contributed by atoms with Gasteiger partial charge in [-0.2, -0.15) is 5.10 Å². The Labute approximate surface area is 90.0 Å². The second-order valence-electron chi connectivity index (χ2n) is 4.94. The smallest absolute Gasteiger partial charge is 0.150 e. The Morgan fingerprint density at radius 3 is 2.73 bits per heavy atom. The van der Waals surface area contributed by atoms with Crippen molar-refractivity contribution in [1.29, 1.82) is 0 Å². The highest BCUT2D eigenvalue weighted by molar-refractivity contribution is 5.42. The number of nitrogens with one attached hydrogen (secondary N) is 2. The number of aromatic amines is 1. The number of aromatic nitrogens is 2. The molecule has 1 aromatic heterocycles. The SMILES string of the molecule is CC1(c2cc(N3CCNCC3)n[nH]2)CC1. The lowest BCUT2D eigenvalue weighted by atomic mass is 10.1. The maximum Gasteiger partial charge on any atom is 0.150 e. The predicted molar refractivity (Wildman–Crippen MR) is 60.3 cm³/mol. The van der Waals surface area contributed by atoms with Crippen molar-refractivity contribution in [2.45, 2.75) is 25.2 Å². The van der Waals surface area contributed by atoms with E-state index in [0.29, 0.717) is 5.41 Å². The molecule has 1 aromatic rings. The molecule has 4 heteroatoms. The van der Waals surface area contributed by atoms with Gasteiger partial charge in [-0.3, -0.25) is 5.10 Å². The second kappa shape index (κ2) is 3.23. The average molecular weight is 206 g/mol. The summed E-state index contributed by atoms with van der Waals surface area (Å²) in [7, 11) is 0. The zero-order valence-corrected chi connectivity index (χ0v) is 9.21. The van der Waals surface area contributed by atoms with Crippen LogP contribution >= 0.6 is 0 Å². The van der Waals surface area contributed by atoms with Gasteiger partial charge in [0.25, 0.3) is 0 Å². The lowest BCUT2D eigenvalue weighted by Gasteiger charge is -2.26. The molecule has 0 unspecified atom stereocenters. The zero-order chi connectivity index (χ0) is 10.3. The van der Waals surface area contributed by atoms with Crippen molar-refractivity contribution in [2.75, 3.05) is 31.1 Å².